The van der Waals surface area contributed by atoms with Crippen LogP contribution >= 0.6 is 11.6 Å². The summed E-state index contributed by atoms with van der Waals surface area (Å²) in [7, 11) is 0. The Hall–Kier alpha value is -1.84. The first kappa shape index (κ1) is 14.1. The molecular formula is C17H18ClN3. The number of fused-ring (bicyclic) bond motifs is 1. The standard InChI is InChI=1S/C17H18ClN3/c1-12(2)19-10-14-7-8-15(18)9-17(14)21-16-6-4-3-5-13(16)11-20-21/h3-9,11-12,19H,10H2,1-2H3. The van der Waals surface area contributed by atoms with E-state index in [1.54, 1.807) is 0 Å². The Morgan fingerprint density at radius 3 is 2.81 bits per heavy atom. The highest BCUT2D eigenvalue weighted by atomic mass is 35.5. The third-order valence-corrected chi connectivity index (χ3v) is 3.69. The molecule has 0 aliphatic carbocycles. The van der Waals surface area contributed by atoms with Gasteiger partial charge in [0.2, 0.25) is 0 Å². The van der Waals surface area contributed by atoms with Crippen molar-refractivity contribution in [1.29, 1.82) is 0 Å². The van der Waals surface area contributed by atoms with Crippen LogP contribution in [0.25, 0.3) is 16.6 Å². The van der Waals surface area contributed by atoms with E-state index in [4.69, 9.17) is 11.6 Å². The van der Waals surface area contributed by atoms with Crippen LogP contribution in [0.3, 0.4) is 0 Å². The summed E-state index contributed by atoms with van der Waals surface area (Å²) in [6, 6.07) is 14.6. The third-order valence-electron chi connectivity index (χ3n) is 3.45. The molecule has 4 heteroatoms. The van der Waals surface area contributed by atoms with E-state index in [0.29, 0.717) is 6.04 Å². The molecule has 0 aliphatic rings. The lowest BCUT2D eigenvalue weighted by atomic mass is 10.1. The first-order chi connectivity index (χ1) is 10.1. The molecule has 0 fully saturated rings. The van der Waals surface area contributed by atoms with Gasteiger partial charge >= 0.3 is 0 Å². The number of halogens is 1. The van der Waals surface area contributed by atoms with E-state index >= 15 is 0 Å². The second-order valence-electron chi connectivity index (χ2n) is 5.42. The predicted molar refractivity (Wildman–Crippen MR) is 88.1 cm³/mol. The van der Waals surface area contributed by atoms with Gasteiger partial charge in [0.15, 0.2) is 0 Å². The summed E-state index contributed by atoms with van der Waals surface area (Å²) >= 11 is 6.19. The molecule has 0 unspecified atom stereocenters. The molecule has 1 N–H and O–H groups in total. The number of nitrogens with one attached hydrogen (secondary N) is 1. The zero-order valence-electron chi connectivity index (χ0n) is 12.2. The molecule has 0 aliphatic heterocycles. The summed E-state index contributed by atoms with van der Waals surface area (Å²) < 4.78 is 1.96. The molecule has 21 heavy (non-hydrogen) atoms. The van der Waals surface area contributed by atoms with Crippen LogP contribution in [-0.2, 0) is 6.54 Å². The lowest BCUT2D eigenvalue weighted by Crippen LogP contribution is -2.22. The van der Waals surface area contributed by atoms with E-state index < -0.39 is 0 Å². The van der Waals surface area contributed by atoms with Crippen molar-refractivity contribution in [2.75, 3.05) is 0 Å². The molecule has 108 valence electrons. The van der Waals surface area contributed by atoms with E-state index in [1.165, 1.54) is 5.56 Å². The Morgan fingerprint density at radius 2 is 2.00 bits per heavy atom. The minimum atomic E-state index is 0.433. The molecule has 0 spiro atoms. The molecule has 0 saturated carbocycles. The van der Waals surface area contributed by atoms with Gasteiger partial charge in [0.05, 0.1) is 17.4 Å². The Morgan fingerprint density at radius 1 is 1.19 bits per heavy atom. The molecule has 3 rings (SSSR count). The van der Waals surface area contributed by atoms with Gasteiger partial charge < -0.3 is 5.32 Å². The summed E-state index contributed by atoms with van der Waals surface area (Å²) in [6.07, 6.45) is 1.88. The summed E-state index contributed by atoms with van der Waals surface area (Å²) in [5.41, 5.74) is 3.30. The lowest BCUT2D eigenvalue weighted by molar-refractivity contribution is 0.587. The first-order valence-electron chi connectivity index (χ1n) is 7.10. The van der Waals surface area contributed by atoms with Gasteiger partial charge in [-0.2, -0.15) is 5.10 Å². The number of rotatable bonds is 4. The fourth-order valence-electron chi connectivity index (χ4n) is 2.36. The number of hydrogen-bond acceptors (Lipinski definition) is 2. The molecule has 1 aromatic heterocycles. The predicted octanol–water partition coefficient (Wildman–Crippen LogP) is 4.18. The average Bonchev–Trinajstić information content (AvgIpc) is 2.89. The van der Waals surface area contributed by atoms with Crippen LogP contribution in [0.4, 0.5) is 0 Å². The SMILES string of the molecule is CC(C)NCc1ccc(Cl)cc1-n1ncc2ccccc21. The van der Waals surface area contributed by atoms with Crippen LogP contribution in [0.1, 0.15) is 19.4 Å². The van der Waals surface area contributed by atoms with E-state index in [1.807, 2.05) is 35.1 Å². The van der Waals surface area contributed by atoms with Gasteiger partial charge in [0, 0.05) is 23.0 Å². The lowest BCUT2D eigenvalue weighted by Gasteiger charge is -2.14. The van der Waals surface area contributed by atoms with Gasteiger partial charge in [0.25, 0.3) is 0 Å². The maximum absolute atomic E-state index is 6.19. The number of hydrogen-bond donors (Lipinski definition) is 1. The van der Waals surface area contributed by atoms with Crippen molar-refractivity contribution in [3.8, 4) is 5.69 Å². The van der Waals surface area contributed by atoms with E-state index in [0.717, 1.165) is 28.2 Å². The van der Waals surface area contributed by atoms with Crippen molar-refractivity contribution in [2.24, 2.45) is 0 Å². The van der Waals surface area contributed by atoms with Gasteiger partial charge in [-0.05, 0) is 23.8 Å². The van der Waals surface area contributed by atoms with Crippen molar-refractivity contribution in [2.45, 2.75) is 26.4 Å². The van der Waals surface area contributed by atoms with E-state index in [-0.39, 0.29) is 0 Å². The van der Waals surface area contributed by atoms with Crippen LogP contribution in [-0.4, -0.2) is 15.8 Å². The third kappa shape index (κ3) is 2.94. The maximum atomic E-state index is 6.19. The monoisotopic (exact) mass is 299 g/mol. The van der Waals surface area contributed by atoms with Crippen LogP contribution in [0.2, 0.25) is 5.02 Å². The molecular weight excluding hydrogens is 282 g/mol. The van der Waals surface area contributed by atoms with Crippen LogP contribution < -0.4 is 5.32 Å². The Labute approximate surface area is 129 Å². The molecule has 1 heterocycles. The first-order valence-corrected chi connectivity index (χ1v) is 7.48. The minimum Gasteiger partial charge on any atom is -0.310 e. The molecule has 2 aromatic carbocycles. The topological polar surface area (TPSA) is 29.9 Å². The summed E-state index contributed by atoms with van der Waals surface area (Å²) in [5.74, 6) is 0. The highest BCUT2D eigenvalue weighted by Crippen LogP contribution is 2.24. The second kappa shape index (κ2) is 5.88. The highest BCUT2D eigenvalue weighted by molar-refractivity contribution is 6.30. The van der Waals surface area contributed by atoms with Crippen molar-refractivity contribution in [3.63, 3.8) is 0 Å². The fraction of sp³-hybridized carbons (Fsp3) is 0.235. The normalized spacial score (nSPS) is 11.4. The maximum Gasteiger partial charge on any atom is 0.0741 e. The van der Waals surface area contributed by atoms with Crippen LogP contribution in [0.15, 0.2) is 48.7 Å². The molecule has 0 saturated heterocycles. The van der Waals surface area contributed by atoms with Crippen LogP contribution in [0, 0.1) is 0 Å². The summed E-state index contributed by atoms with van der Waals surface area (Å²) in [4.78, 5) is 0. The van der Waals surface area contributed by atoms with E-state index in [9.17, 15) is 0 Å². The van der Waals surface area contributed by atoms with E-state index in [2.05, 4.69) is 42.5 Å². The largest absolute Gasteiger partial charge is 0.310 e. The van der Waals surface area contributed by atoms with Crippen molar-refractivity contribution in [1.82, 2.24) is 15.1 Å². The van der Waals surface area contributed by atoms with Gasteiger partial charge in [0.1, 0.15) is 0 Å². The smallest absolute Gasteiger partial charge is 0.0741 e. The molecule has 0 bridgehead atoms. The summed E-state index contributed by atoms with van der Waals surface area (Å²) in [5, 5.41) is 9.82. The molecule has 3 aromatic rings. The van der Waals surface area contributed by atoms with Gasteiger partial charge in [-0.1, -0.05) is 49.7 Å². The number of aromatic nitrogens is 2. The second-order valence-corrected chi connectivity index (χ2v) is 5.86. The molecule has 0 atom stereocenters. The fourth-order valence-corrected chi connectivity index (χ4v) is 2.53. The number of para-hydroxylation sites is 1. The molecule has 0 radical (unpaired) electrons. The Kier molecular flexibility index (Phi) is 3.95. The number of nitrogens with zero attached hydrogens (tertiary/aromatic N) is 2. The van der Waals surface area contributed by atoms with Gasteiger partial charge in [-0.3, -0.25) is 0 Å². The van der Waals surface area contributed by atoms with Crippen LogP contribution in [0.5, 0.6) is 0 Å². The average molecular weight is 300 g/mol. The molecule has 0 amide bonds. The zero-order valence-corrected chi connectivity index (χ0v) is 12.9. The van der Waals surface area contributed by atoms with Gasteiger partial charge in [-0.25, -0.2) is 4.68 Å². The van der Waals surface area contributed by atoms with Crippen molar-refractivity contribution >= 4 is 22.5 Å². The summed E-state index contributed by atoms with van der Waals surface area (Å²) in [6.45, 7) is 5.07. The quantitative estimate of drug-likeness (QED) is 0.783. The Balaban J connectivity index is 2.10. The Bertz CT molecular complexity index is 762. The van der Waals surface area contributed by atoms with Crippen molar-refractivity contribution in [3.05, 3.63) is 59.2 Å². The van der Waals surface area contributed by atoms with Crippen molar-refractivity contribution < 1.29 is 0 Å². The van der Waals surface area contributed by atoms with Gasteiger partial charge in [-0.15, -0.1) is 0 Å². The minimum absolute atomic E-state index is 0.433. The number of benzene rings is 2. The molecule has 3 nitrogen and oxygen atoms in total. The highest BCUT2D eigenvalue weighted by Gasteiger charge is 2.10. The zero-order chi connectivity index (χ0) is 14.8.